The normalized spacial score (nSPS) is 19.7. The van der Waals surface area contributed by atoms with Crippen molar-refractivity contribution in [2.45, 2.75) is 31.9 Å². The largest absolute Gasteiger partial charge is 0.380 e. The lowest BCUT2D eigenvalue weighted by Gasteiger charge is -2.21. The minimum Gasteiger partial charge on any atom is -0.380 e. The zero-order chi connectivity index (χ0) is 13.8. The van der Waals surface area contributed by atoms with Crippen molar-refractivity contribution in [1.29, 1.82) is 5.26 Å². The second kappa shape index (κ2) is 5.67. The highest BCUT2D eigenvalue weighted by atomic mass is 16.6. The first kappa shape index (κ1) is 13.3. The van der Waals surface area contributed by atoms with Crippen molar-refractivity contribution in [3.05, 3.63) is 33.9 Å². The first-order valence-corrected chi connectivity index (χ1v) is 6.18. The number of ether oxygens (including phenoxy) is 1. The van der Waals surface area contributed by atoms with Crippen LogP contribution in [0.15, 0.2) is 18.2 Å². The number of hydrogen-bond donors (Lipinski definition) is 1. The summed E-state index contributed by atoms with van der Waals surface area (Å²) in [5.74, 6) is 0. The molecule has 0 bridgehead atoms. The molecule has 0 radical (unpaired) electrons. The summed E-state index contributed by atoms with van der Waals surface area (Å²) < 4.78 is 5.56. The van der Waals surface area contributed by atoms with Gasteiger partial charge >= 0.3 is 0 Å². The predicted octanol–water partition coefficient (Wildman–Crippen LogP) is 2.45. The molecule has 19 heavy (non-hydrogen) atoms. The van der Waals surface area contributed by atoms with Crippen molar-refractivity contribution in [3.8, 4) is 6.07 Å². The van der Waals surface area contributed by atoms with Gasteiger partial charge in [-0.1, -0.05) is 0 Å². The van der Waals surface area contributed by atoms with Crippen LogP contribution in [0.5, 0.6) is 0 Å². The van der Waals surface area contributed by atoms with Crippen molar-refractivity contribution in [2.24, 2.45) is 0 Å². The summed E-state index contributed by atoms with van der Waals surface area (Å²) in [5, 5.41) is 22.9. The van der Waals surface area contributed by atoms with Gasteiger partial charge < -0.3 is 10.1 Å². The van der Waals surface area contributed by atoms with E-state index in [0.717, 1.165) is 19.4 Å². The highest BCUT2D eigenvalue weighted by Crippen LogP contribution is 2.24. The van der Waals surface area contributed by atoms with Gasteiger partial charge in [0.2, 0.25) is 0 Å². The third-order valence-corrected chi connectivity index (χ3v) is 3.23. The molecule has 2 atom stereocenters. The van der Waals surface area contributed by atoms with Crippen LogP contribution < -0.4 is 5.32 Å². The average molecular weight is 261 g/mol. The highest BCUT2D eigenvalue weighted by Gasteiger charge is 2.23. The Morgan fingerprint density at radius 3 is 3.00 bits per heavy atom. The first-order valence-electron chi connectivity index (χ1n) is 6.18. The van der Waals surface area contributed by atoms with E-state index in [1.165, 1.54) is 12.1 Å². The molecule has 0 spiro atoms. The standard InChI is InChI=1S/C13H15N3O3/c1-9(13-3-2-6-19-13)15-11-5-4-10(8-14)12(7-11)16(17)18/h4-5,7,9,13,15H,2-3,6H2,1H3. The van der Waals surface area contributed by atoms with Gasteiger partial charge in [0, 0.05) is 24.4 Å². The van der Waals surface area contributed by atoms with Crippen LogP contribution in [0.3, 0.4) is 0 Å². The van der Waals surface area contributed by atoms with Crippen LogP contribution in [0.2, 0.25) is 0 Å². The van der Waals surface area contributed by atoms with Crippen molar-refractivity contribution >= 4 is 11.4 Å². The maximum absolute atomic E-state index is 10.9. The number of nitro benzene ring substituents is 1. The summed E-state index contributed by atoms with van der Waals surface area (Å²) in [6, 6.07) is 6.43. The molecule has 100 valence electrons. The monoisotopic (exact) mass is 261 g/mol. The Bertz CT molecular complexity index is 518. The van der Waals surface area contributed by atoms with Crippen LogP contribution in [0.4, 0.5) is 11.4 Å². The fraction of sp³-hybridized carbons (Fsp3) is 0.462. The van der Waals surface area contributed by atoms with Crippen LogP contribution in [0.25, 0.3) is 0 Å². The van der Waals surface area contributed by atoms with Gasteiger partial charge in [-0.2, -0.15) is 5.26 Å². The number of hydrogen-bond acceptors (Lipinski definition) is 5. The van der Waals surface area contributed by atoms with Gasteiger partial charge in [-0.05, 0) is 31.9 Å². The lowest BCUT2D eigenvalue weighted by Crippen LogP contribution is -2.29. The summed E-state index contributed by atoms with van der Waals surface area (Å²) in [7, 11) is 0. The quantitative estimate of drug-likeness (QED) is 0.664. The second-order valence-corrected chi connectivity index (χ2v) is 4.59. The van der Waals surface area contributed by atoms with Gasteiger partial charge in [0.1, 0.15) is 11.6 Å². The topological polar surface area (TPSA) is 88.2 Å². The van der Waals surface area contributed by atoms with Crippen LogP contribution >= 0.6 is 0 Å². The van der Waals surface area contributed by atoms with Gasteiger partial charge in [0.05, 0.1) is 11.0 Å². The average Bonchev–Trinajstić information content (AvgIpc) is 2.92. The summed E-state index contributed by atoms with van der Waals surface area (Å²) in [6.45, 7) is 2.75. The third-order valence-electron chi connectivity index (χ3n) is 3.23. The van der Waals surface area contributed by atoms with Crippen LogP contribution in [-0.4, -0.2) is 23.7 Å². The lowest BCUT2D eigenvalue weighted by atomic mass is 10.1. The molecule has 1 heterocycles. The summed E-state index contributed by atoms with van der Waals surface area (Å²) in [6.07, 6.45) is 2.17. The van der Waals surface area contributed by atoms with Crippen LogP contribution in [0, 0.1) is 21.4 Å². The molecule has 0 amide bonds. The summed E-state index contributed by atoms with van der Waals surface area (Å²) in [5.41, 5.74) is 0.529. The van der Waals surface area contributed by atoms with Gasteiger partial charge in [-0.3, -0.25) is 10.1 Å². The maximum Gasteiger partial charge on any atom is 0.289 e. The second-order valence-electron chi connectivity index (χ2n) is 4.59. The zero-order valence-electron chi connectivity index (χ0n) is 10.6. The van der Waals surface area contributed by atoms with E-state index in [0.29, 0.717) is 5.69 Å². The maximum atomic E-state index is 10.9. The zero-order valence-corrected chi connectivity index (χ0v) is 10.6. The first-order chi connectivity index (χ1) is 9.11. The minimum absolute atomic E-state index is 0.0697. The van der Waals surface area contributed by atoms with E-state index in [9.17, 15) is 10.1 Å². The van der Waals surface area contributed by atoms with Crippen molar-refractivity contribution < 1.29 is 9.66 Å². The Labute approximate surface area is 111 Å². The number of rotatable bonds is 4. The minimum atomic E-state index is -0.541. The molecule has 0 aliphatic carbocycles. The van der Waals surface area contributed by atoms with E-state index in [1.807, 2.05) is 13.0 Å². The number of nitriles is 1. The third kappa shape index (κ3) is 3.01. The Morgan fingerprint density at radius 1 is 1.63 bits per heavy atom. The number of nitrogens with zero attached hydrogens (tertiary/aromatic N) is 2. The van der Waals surface area contributed by atoms with Gasteiger partial charge in [-0.25, -0.2) is 0 Å². The summed E-state index contributed by atoms with van der Waals surface area (Å²) >= 11 is 0. The Morgan fingerprint density at radius 2 is 2.42 bits per heavy atom. The molecule has 6 nitrogen and oxygen atoms in total. The molecule has 1 N–H and O–H groups in total. The molecule has 1 aliphatic heterocycles. The van der Waals surface area contributed by atoms with Crippen LogP contribution in [0.1, 0.15) is 25.3 Å². The molecule has 0 aromatic heterocycles. The number of nitro groups is 1. The molecule has 0 saturated carbocycles. The fourth-order valence-corrected chi connectivity index (χ4v) is 2.22. The van der Waals surface area contributed by atoms with Crippen molar-refractivity contribution in [1.82, 2.24) is 0 Å². The molecule has 2 rings (SSSR count). The molecular weight excluding hydrogens is 246 g/mol. The molecule has 1 aromatic rings. The van der Waals surface area contributed by atoms with E-state index in [2.05, 4.69) is 5.32 Å². The molecule has 6 heteroatoms. The molecule has 1 aromatic carbocycles. The lowest BCUT2D eigenvalue weighted by molar-refractivity contribution is -0.385. The predicted molar refractivity (Wildman–Crippen MR) is 69.9 cm³/mol. The van der Waals surface area contributed by atoms with Crippen LogP contribution in [-0.2, 0) is 4.74 Å². The van der Waals surface area contributed by atoms with Gasteiger partial charge in [-0.15, -0.1) is 0 Å². The van der Waals surface area contributed by atoms with E-state index in [4.69, 9.17) is 10.00 Å². The Balaban J connectivity index is 2.14. The fourth-order valence-electron chi connectivity index (χ4n) is 2.22. The Kier molecular flexibility index (Phi) is 3.97. The molecule has 2 unspecified atom stereocenters. The van der Waals surface area contributed by atoms with Crippen molar-refractivity contribution in [2.75, 3.05) is 11.9 Å². The molecule has 1 aliphatic rings. The van der Waals surface area contributed by atoms with Gasteiger partial charge in [0.25, 0.3) is 5.69 Å². The molecule has 1 fully saturated rings. The number of anilines is 1. The smallest absolute Gasteiger partial charge is 0.289 e. The van der Waals surface area contributed by atoms with E-state index in [-0.39, 0.29) is 23.4 Å². The van der Waals surface area contributed by atoms with E-state index < -0.39 is 4.92 Å². The Hall–Kier alpha value is -2.13. The van der Waals surface area contributed by atoms with E-state index >= 15 is 0 Å². The SMILES string of the molecule is CC(Nc1ccc(C#N)c([N+](=O)[O-])c1)C1CCCO1. The van der Waals surface area contributed by atoms with E-state index in [1.54, 1.807) is 6.07 Å². The summed E-state index contributed by atoms with van der Waals surface area (Å²) in [4.78, 5) is 10.3. The van der Waals surface area contributed by atoms with Gasteiger partial charge in [0.15, 0.2) is 0 Å². The van der Waals surface area contributed by atoms with Crippen molar-refractivity contribution in [3.63, 3.8) is 0 Å². The molecule has 1 saturated heterocycles. The molecular formula is C13H15N3O3. The number of nitrogens with one attached hydrogen (secondary N) is 1. The highest BCUT2D eigenvalue weighted by molar-refractivity contribution is 5.59. The number of benzene rings is 1.